The monoisotopic (exact) mass is 336 g/mol. The Morgan fingerprint density at radius 1 is 1.37 bits per heavy atom. The number of aromatic nitrogens is 1. The third-order valence-corrected chi connectivity index (χ3v) is 5.57. The zero-order valence-electron chi connectivity index (χ0n) is 10.7. The Balaban J connectivity index is 1.90. The third-order valence-electron chi connectivity index (χ3n) is 3.72. The van der Waals surface area contributed by atoms with Crippen molar-refractivity contribution in [3.05, 3.63) is 39.3 Å². The van der Waals surface area contributed by atoms with Crippen LogP contribution < -0.4 is 5.73 Å². The van der Waals surface area contributed by atoms with Crippen molar-refractivity contribution in [2.45, 2.75) is 25.7 Å². The molecule has 2 N–H and O–H groups in total. The van der Waals surface area contributed by atoms with Crippen molar-refractivity contribution in [3.8, 4) is 10.6 Å². The topological polar surface area (TPSA) is 38.9 Å². The van der Waals surface area contributed by atoms with Crippen LogP contribution in [-0.2, 0) is 12.8 Å². The van der Waals surface area contributed by atoms with Crippen LogP contribution in [0, 0.1) is 5.92 Å². The standard InChI is InChI=1S/C15H17BrN2S/c16-12-4-2-1-3-11(12)15-18-13-6-5-10(7-8-17)9-14(13)19-15/h1-4,10H,5-9,17H2. The van der Waals surface area contributed by atoms with Crippen molar-refractivity contribution in [2.75, 3.05) is 6.54 Å². The van der Waals surface area contributed by atoms with Crippen LogP contribution >= 0.6 is 27.3 Å². The second-order valence-corrected chi connectivity index (χ2v) is 6.99. The van der Waals surface area contributed by atoms with E-state index in [1.807, 2.05) is 17.4 Å². The molecule has 2 nitrogen and oxygen atoms in total. The molecule has 1 aromatic carbocycles. The van der Waals surface area contributed by atoms with Crippen molar-refractivity contribution in [1.82, 2.24) is 4.98 Å². The first-order valence-corrected chi connectivity index (χ1v) is 8.32. The Labute approximate surface area is 126 Å². The molecule has 4 heteroatoms. The van der Waals surface area contributed by atoms with E-state index in [0.29, 0.717) is 0 Å². The van der Waals surface area contributed by atoms with E-state index in [0.717, 1.165) is 41.2 Å². The van der Waals surface area contributed by atoms with E-state index in [1.54, 1.807) is 0 Å². The largest absolute Gasteiger partial charge is 0.330 e. The van der Waals surface area contributed by atoms with Gasteiger partial charge >= 0.3 is 0 Å². The van der Waals surface area contributed by atoms with E-state index in [-0.39, 0.29) is 0 Å². The van der Waals surface area contributed by atoms with Gasteiger partial charge in [-0.15, -0.1) is 11.3 Å². The summed E-state index contributed by atoms with van der Waals surface area (Å²) in [5.74, 6) is 0.755. The summed E-state index contributed by atoms with van der Waals surface area (Å²) >= 11 is 5.46. The SMILES string of the molecule is NCCC1CCc2nc(-c3ccccc3Br)sc2C1. The van der Waals surface area contributed by atoms with Gasteiger partial charge in [-0.2, -0.15) is 0 Å². The summed E-state index contributed by atoms with van der Waals surface area (Å²) in [7, 11) is 0. The number of rotatable bonds is 3. The lowest BCUT2D eigenvalue weighted by Gasteiger charge is -2.19. The van der Waals surface area contributed by atoms with Gasteiger partial charge in [-0.3, -0.25) is 0 Å². The van der Waals surface area contributed by atoms with Crippen molar-refractivity contribution >= 4 is 27.3 Å². The Bertz CT molecular complexity index is 579. The lowest BCUT2D eigenvalue weighted by Crippen LogP contribution is -2.16. The average Bonchev–Trinajstić information content (AvgIpc) is 2.82. The molecule has 100 valence electrons. The molecule has 0 bridgehead atoms. The zero-order valence-corrected chi connectivity index (χ0v) is 13.1. The molecule has 0 spiro atoms. The van der Waals surface area contributed by atoms with E-state index in [1.165, 1.54) is 22.6 Å². The summed E-state index contributed by atoms with van der Waals surface area (Å²) < 4.78 is 1.12. The number of fused-ring (bicyclic) bond motifs is 1. The molecule has 1 aliphatic rings. The zero-order chi connectivity index (χ0) is 13.2. The molecule has 1 aliphatic carbocycles. The predicted octanol–water partition coefficient (Wildman–Crippen LogP) is 4.03. The number of halogens is 1. The Morgan fingerprint density at radius 3 is 3.00 bits per heavy atom. The summed E-state index contributed by atoms with van der Waals surface area (Å²) in [6.07, 6.45) is 4.65. The first-order valence-electron chi connectivity index (χ1n) is 6.71. The number of aryl methyl sites for hydroxylation is 1. The minimum atomic E-state index is 0.755. The van der Waals surface area contributed by atoms with Crippen LogP contribution in [0.3, 0.4) is 0 Å². The number of benzene rings is 1. The molecule has 2 aromatic rings. The summed E-state index contributed by atoms with van der Waals surface area (Å²) in [5, 5.41) is 1.14. The molecule has 0 aliphatic heterocycles. The highest BCUT2D eigenvalue weighted by atomic mass is 79.9. The van der Waals surface area contributed by atoms with Gasteiger partial charge in [0.05, 0.1) is 5.69 Å². The van der Waals surface area contributed by atoms with Crippen LogP contribution in [0.15, 0.2) is 28.7 Å². The molecule has 0 radical (unpaired) electrons. The van der Waals surface area contributed by atoms with Gasteiger partial charge in [0, 0.05) is 14.9 Å². The molecule has 19 heavy (non-hydrogen) atoms. The van der Waals surface area contributed by atoms with Gasteiger partial charge in [0.25, 0.3) is 0 Å². The van der Waals surface area contributed by atoms with Crippen LogP contribution in [0.5, 0.6) is 0 Å². The quantitative estimate of drug-likeness (QED) is 0.918. The second kappa shape index (κ2) is 5.73. The average molecular weight is 337 g/mol. The fourth-order valence-corrected chi connectivity index (χ4v) is 4.54. The van der Waals surface area contributed by atoms with Crippen LogP contribution in [0.2, 0.25) is 0 Å². The van der Waals surface area contributed by atoms with Gasteiger partial charge in [0.15, 0.2) is 0 Å². The molecular weight excluding hydrogens is 320 g/mol. The number of hydrogen-bond donors (Lipinski definition) is 1. The Kier molecular flexibility index (Phi) is 4.01. The van der Waals surface area contributed by atoms with Gasteiger partial charge in [-0.1, -0.05) is 34.1 Å². The summed E-state index contributed by atoms with van der Waals surface area (Å²) in [4.78, 5) is 6.30. The minimum absolute atomic E-state index is 0.755. The van der Waals surface area contributed by atoms with Gasteiger partial charge in [-0.25, -0.2) is 4.98 Å². The minimum Gasteiger partial charge on any atom is -0.330 e. The van der Waals surface area contributed by atoms with Gasteiger partial charge in [0.1, 0.15) is 5.01 Å². The lowest BCUT2D eigenvalue weighted by atomic mass is 9.89. The van der Waals surface area contributed by atoms with E-state index < -0.39 is 0 Å². The molecule has 1 aromatic heterocycles. The number of nitrogens with zero attached hydrogens (tertiary/aromatic N) is 1. The summed E-state index contributed by atoms with van der Waals surface area (Å²) in [5.41, 5.74) is 8.19. The normalized spacial score (nSPS) is 18.3. The second-order valence-electron chi connectivity index (χ2n) is 5.05. The molecular formula is C15H17BrN2S. The van der Waals surface area contributed by atoms with E-state index in [9.17, 15) is 0 Å². The van der Waals surface area contributed by atoms with Crippen molar-refractivity contribution in [1.29, 1.82) is 0 Å². The van der Waals surface area contributed by atoms with Gasteiger partial charge in [-0.05, 0) is 44.2 Å². The van der Waals surface area contributed by atoms with Crippen LogP contribution in [0.1, 0.15) is 23.4 Å². The highest BCUT2D eigenvalue weighted by Crippen LogP contribution is 2.37. The smallest absolute Gasteiger partial charge is 0.125 e. The molecule has 0 saturated carbocycles. The number of hydrogen-bond acceptors (Lipinski definition) is 3. The maximum atomic E-state index is 5.68. The third kappa shape index (κ3) is 2.76. The van der Waals surface area contributed by atoms with Crippen LogP contribution in [0.25, 0.3) is 10.6 Å². The van der Waals surface area contributed by atoms with Crippen LogP contribution in [-0.4, -0.2) is 11.5 Å². The fourth-order valence-electron chi connectivity index (χ4n) is 2.68. The molecule has 1 heterocycles. The van der Waals surface area contributed by atoms with E-state index in [4.69, 9.17) is 10.7 Å². The van der Waals surface area contributed by atoms with Crippen LogP contribution in [0.4, 0.5) is 0 Å². The first kappa shape index (κ1) is 13.3. The molecule has 0 amide bonds. The van der Waals surface area contributed by atoms with Crippen molar-refractivity contribution in [2.24, 2.45) is 11.7 Å². The molecule has 0 saturated heterocycles. The number of thiazole rings is 1. The van der Waals surface area contributed by atoms with Crippen molar-refractivity contribution in [3.63, 3.8) is 0 Å². The highest BCUT2D eigenvalue weighted by Gasteiger charge is 2.22. The Hall–Kier alpha value is -0.710. The summed E-state index contributed by atoms with van der Waals surface area (Å²) in [6, 6.07) is 8.31. The van der Waals surface area contributed by atoms with Gasteiger partial charge < -0.3 is 5.73 Å². The molecule has 1 atom stereocenters. The first-order chi connectivity index (χ1) is 9.28. The van der Waals surface area contributed by atoms with E-state index >= 15 is 0 Å². The maximum absolute atomic E-state index is 5.68. The summed E-state index contributed by atoms with van der Waals surface area (Å²) in [6.45, 7) is 0.801. The molecule has 3 rings (SSSR count). The maximum Gasteiger partial charge on any atom is 0.125 e. The molecule has 0 fully saturated rings. The van der Waals surface area contributed by atoms with Crippen molar-refractivity contribution < 1.29 is 0 Å². The van der Waals surface area contributed by atoms with Gasteiger partial charge in [0.2, 0.25) is 0 Å². The predicted molar refractivity (Wildman–Crippen MR) is 84.4 cm³/mol. The van der Waals surface area contributed by atoms with E-state index in [2.05, 4.69) is 34.1 Å². The highest BCUT2D eigenvalue weighted by molar-refractivity contribution is 9.10. The Morgan fingerprint density at radius 2 is 2.21 bits per heavy atom. The fraction of sp³-hybridized carbons (Fsp3) is 0.400. The lowest BCUT2D eigenvalue weighted by molar-refractivity contribution is 0.434. The number of nitrogens with two attached hydrogens (primary N) is 1. The molecule has 1 unspecified atom stereocenters.